The highest BCUT2D eigenvalue weighted by Crippen LogP contribution is 2.41. The quantitative estimate of drug-likeness (QED) is 0.267. The number of nitrogens with one attached hydrogen (secondary N) is 2. The van der Waals surface area contributed by atoms with E-state index in [2.05, 4.69) is 15.8 Å². The van der Waals surface area contributed by atoms with Crippen LogP contribution in [0.2, 0.25) is 0 Å². The van der Waals surface area contributed by atoms with E-state index in [-0.39, 0.29) is 43.1 Å². The van der Waals surface area contributed by atoms with Gasteiger partial charge in [0.15, 0.2) is 5.69 Å². The molecule has 0 radical (unpaired) electrons. The lowest BCUT2D eigenvalue weighted by Gasteiger charge is -2.42. The Labute approximate surface area is 272 Å². The van der Waals surface area contributed by atoms with Crippen molar-refractivity contribution in [3.05, 3.63) is 81.7 Å². The summed E-state index contributed by atoms with van der Waals surface area (Å²) in [5, 5.41) is 9.35. The van der Waals surface area contributed by atoms with Crippen molar-refractivity contribution in [2.75, 3.05) is 33.3 Å². The second-order valence-electron chi connectivity index (χ2n) is 12.3. The fraction of sp³-hybridized carbons (Fsp3) is 0.429. The molecule has 3 aromatic rings. The molecular formula is C35H39N5O7. The Hall–Kier alpha value is -5.00. The van der Waals surface area contributed by atoms with Crippen LogP contribution in [0.15, 0.2) is 47.0 Å². The zero-order valence-electron chi connectivity index (χ0n) is 26.8. The molecule has 0 bridgehead atoms. The van der Waals surface area contributed by atoms with Crippen molar-refractivity contribution in [1.82, 2.24) is 25.6 Å². The number of aromatic nitrogens is 1. The maximum absolute atomic E-state index is 14.4. The van der Waals surface area contributed by atoms with Gasteiger partial charge in [0.25, 0.3) is 17.7 Å². The zero-order chi connectivity index (χ0) is 33.2. The second kappa shape index (κ2) is 13.4. The molecular weight excluding hydrogens is 602 g/mol. The second-order valence-corrected chi connectivity index (χ2v) is 12.3. The van der Waals surface area contributed by atoms with Gasteiger partial charge in [-0.1, -0.05) is 42.3 Å². The number of hydrogen-bond acceptors (Lipinski definition) is 8. The number of benzene rings is 2. The third-order valence-corrected chi connectivity index (χ3v) is 9.69. The van der Waals surface area contributed by atoms with Crippen molar-refractivity contribution in [3.8, 4) is 5.75 Å². The van der Waals surface area contributed by atoms with E-state index in [9.17, 15) is 24.0 Å². The summed E-state index contributed by atoms with van der Waals surface area (Å²) in [5.41, 5.74) is 3.19. The molecule has 1 unspecified atom stereocenters. The summed E-state index contributed by atoms with van der Waals surface area (Å²) in [4.78, 5) is 69.9. The molecule has 47 heavy (non-hydrogen) atoms. The van der Waals surface area contributed by atoms with Crippen LogP contribution in [0.5, 0.6) is 5.75 Å². The first-order valence-electron chi connectivity index (χ1n) is 16.1. The van der Waals surface area contributed by atoms with Crippen LogP contribution in [-0.2, 0) is 16.0 Å². The zero-order valence-corrected chi connectivity index (χ0v) is 26.8. The van der Waals surface area contributed by atoms with Crippen LogP contribution in [0.3, 0.4) is 0 Å². The maximum atomic E-state index is 14.4. The first-order valence-corrected chi connectivity index (χ1v) is 16.1. The third-order valence-electron chi connectivity index (χ3n) is 9.69. The summed E-state index contributed by atoms with van der Waals surface area (Å²) in [6.45, 7) is 4.10. The van der Waals surface area contributed by atoms with E-state index < -0.39 is 29.7 Å². The monoisotopic (exact) mass is 641 g/mol. The van der Waals surface area contributed by atoms with Gasteiger partial charge in [-0.25, -0.2) is 0 Å². The Bertz CT molecular complexity index is 1700. The van der Waals surface area contributed by atoms with E-state index in [4.69, 9.17) is 9.26 Å². The summed E-state index contributed by atoms with van der Waals surface area (Å²) in [5.74, 6) is -1.41. The summed E-state index contributed by atoms with van der Waals surface area (Å²) in [7, 11) is 1.58. The average molecular weight is 642 g/mol. The Kier molecular flexibility index (Phi) is 9.10. The van der Waals surface area contributed by atoms with Crippen LogP contribution in [0.1, 0.15) is 85.4 Å². The number of amides is 5. The molecule has 0 spiro atoms. The van der Waals surface area contributed by atoms with Crippen molar-refractivity contribution in [2.24, 2.45) is 11.8 Å². The Morgan fingerprint density at radius 1 is 0.979 bits per heavy atom. The number of carbonyl (C=O) groups excluding carboxylic acids is 5. The molecule has 12 heteroatoms. The van der Waals surface area contributed by atoms with Gasteiger partial charge in [0.2, 0.25) is 11.8 Å². The van der Waals surface area contributed by atoms with Gasteiger partial charge in [-0.2, -0.15) is 0 Å². The highest BCUT2D eigenvalue weighted by atomic mass is 16.5. The van der Waals surface area contributed by atoms with E-state index >= 15 is 0 Å². The number of fused-ring (bicyclic) bond motifs is 2. The van der Waals surface area contributed by atoms with Crippen molar-refractivity contribution in [1.29, 1.82) is 0 Å². The number of aryl methyl sites for hydroxylation is 1. The molecule has 5 amide bonds. The Morgan fingerprint density at radius 3 is 2.34 bits per heavy atom. The van der Waals surface area contributed by atoms with Crippen LogP contribution in [0.4, 0.5) is 0 Å². The van der Waals surface area contributed by atoms with E-state index in [0.717, 1.165) is 18.4 Å². The van der Waals surface area contributed by atoms with Gasteiger partial charge in [-0.15, -0.1) is 0 Å². The number of carbonyl (C=O) groups is 5. The normalized spacial score (nSPS) is 20.4. The molecule has 2 N–H and O–H groups in total. The molecule has 2 aromatic carbocycles. The van der Waals surface area contributed by atoms with Crippen LogP contribution in [0.25, 0.3) is 0 Å². The third kappa shape index (κ3) is 5.99. The molecule has 3 atom stereocenters. The fourth-order valence-corrected chi connectivity index (χ4v) is 7.07. The minimum Gasteiger partial charge on any atom is -0.491 e. The molecule has 2 aliphatic heterocycles. The standard InChI is InChI=1S/C35H39N5O7/c1-20-21(2)47-38-30(20)32(42)37-16-18-46-28-14-8-9-22-15-17-39(33(43)24-11-5-4-10-23(24)31(41)36-3)27(29(22)28)19-40-34(44)25-12-6-7-13-26(25)35(40)45/h6-9,12-14,23-24,27H,4-5,10-11,15-19H2,1-3H3,(H,36,41)(H,37,42)/t23-,24+,27?/m0/s1. The molecule has 6 rings (SSSR count). The first-order chi connectivity index (χ1) is 22.7. The fourth-order valence-electron chi connectivity index (χ4n) is 7.07. The SMILES string of the molecule is CNC(=O)[C@H]1CCCC[C@H]1C(=O)N1CCc2cccc(OCCNC(=O)c3noc(C)c3C)c2C1CN1C(=O)c2ccccc2C1=O. The molecule has 1 aliphatic carbocycles. The molecule has 246 valence electrons. The van der Waals surface area contributed by atoms with Crippen LogP contribution in [0, 0.1) is 25.7 Å². The van der Waals surface area contributed by atoms with Gasteiger partial charge in [-0.3, -0.25) is 28.9 Å². The minimum atomic E-state index is -0.702. The van der Waals surface area contributed by atoms with E-state index in [0.29, 0.717) is 59.6 Å². The molecule has 1 fully saturated rings. The lowest BCUT2D eigenvalue weighted by Crippen LogP contribution is -2.51. The highest BCUT2D eigenvalue weighted by molar-refractivity contribution is 6.21. The van der Waals surface area contributed by atoms with Gasteiger partial charge in [-0.05, 0) is 56.9 Å². The van der Waals surface area contributed by atoms with Crippen molar-refractivity contribution in [3.63, 3.8) is 0 Å². The van der Waals surface area contributed by atoms with Gasteiger partial charge >= 0.3 is 0 Å². The highest BCUT2D eigenvalue weighted by Gasteiger charge is 2.45. The van der Waals surface area contributed by atoms with Gasteiger partial charge in [0.1, 0.15) is 18.1 Å². The number of nitrogens with zero attached hydrogens (tertiary/aromatic N) is 3. The predicted octanol–water partition coefficient (Wildman–Crippen LogP) is 3.37. The largest absolute Gasteiger partial charge is 0.491 e. The lowest BCUT2D eigenvalue weighted by atomic mass is 9.77. The van der Waals surface area contributed by atoms with Gasteiger partial charge in [0, 0.05) is 36.6 Å². The van der Waals surface area contributed by atoms with Crippen LogP contribution in [-0.4, -0.2) is 77.8 Å². The minimum absolute atomic E-state index is 0.0651. The lowest BCUT2D eigenvalue weighted by molar-refractivity contribution is -0.146. The average Bonchev–Trinajstić information content (AvgIpc) is 3.56. The van der Waals surface area contributed by atoms with E-state index in [1.165, 1.54) is 4.90 Å². The molecule has 3 heterocycles. The molecule has 0 saturated heterocycles. The number of rotatable bonds is 9. The smallest absolute Gasteiger partial charge is 0.273 e. The number of ether oxygens (including phenoxy) is 1. The van der Waals surface area contributed by atoms with Crippen molar-refractivity contribution >= 4 is 29.5 Å². The molecule has 3 aliphatic rings. The molecule has 1 saturated carbocycles. The van der Waals surface area contributed by atoms with Crippen LogP contribution >= 0.6 is 0 Å². The summed E-state index contributed by atoms with van der Waals surface area (Å²) in [6.07, 6.45) is 3.45. The van der Waals surface area contributed by atoms with Crippen LogP contribution < -0.4 is 15.4 Å². The van der Waals surface area contributed by atoms with Gasteiger partial charge in [0.05, 0.1) is 30.3 Å². The number of imide groups is 1. The summed E-state index contributed by atoms with van der Waals surface area (Å²) >= 11 is 0. The molecule has 12 nitrogen and oxygen atoms in total. The first kappa shape index (κ1) is 32.0. The Morgan fingerprint density at radius 2 is 1.68 bits per heavy atom. The van der Waals surface area contributed by atoms with Crippen molar-refractivity contribution < 1.29 is 33.2 Å². The topological polar surface area (TPSA) is 151 Å². The summed E-state index contributed by atoms with van der Waals surface area (Å²) in [6, 6.07) is 11.6. The number of hydrogen-bond donors (Lipinski definition) is 2. The Balaban J connectivity index is 1.29. The summed E-state index contributed by atoms with van der Waals surface area (Å²) < 4.78 is 11.3. The predicted molar refractivity (Wildman–Crippen MR) is 170 cm³/mol. The van der Waals surface area contributed by atoms with E-state index in [1.807, 2.05) is 12.1 Å². The van der Waals surface area contributed by atoms with Crippen molar-refractivity contribution in [2.45, 2.75) is 52.0 Å². The van der Waals surface area contributed by atoms with E-state index in [1.54, 1.807) is 56.1 Å². The maximum Gasteiger partial charge on any atom is 0.273 e. The molecule has 1 aromatic heterocycles. The van der Waals surface area contributed by atoms with Gasteiger partial charge < -0.3 is 24.8 Å².